The molecule has 2 heterocycles. The summed E-state index contributed by atoms with van der Waals surface area (Å²) in [7, 11) is 0. The molecule has 0 saturated carbocycles. The van der Waals surface area contributed by atoms with Crippen LogP contribution in [0.1, 0.15) is 30.2 Å². The summed E-state index contributed by atoms with van der Waals surface area (Å²) < 4.78 is 1.08. The third-order valence-electron chi connectivity index (χ3n) is 4.72. The highest BCUT2D eigenvalue weighted by Crippen LogP contribution is 2.30. The van der Waals surface area contributed by atoms with Crippen molar-refractivity contribution >= 4 is 38.9 Å². The van der Waals surface area contributed by atoms with E-state index in [1.807, 2.05) is 30.3 Å². The molecule has 0 aliphatic carbocycles. The van der Waals surface area contributed by atoms with E-state index in [1.54, 1.807) is 37.3 Å². The third kappa shape index (κ3) is 3.77. The molecule has 0 fully saturated rings. The van der Waals surface area contributed by atoms with Crippen molar-refractivity contribution in [2.75, 3.05) is 5.32 Å². The lowest BCUT2D eigenvalue weighted by atomic mass is 10.1. The lowest BCUT2D eigenvalue weighted by Crippen LogP contribution is -2.33. The van der Waals surface area contributed by atoms with Crippen LogP contribution in [0.2, 0.25) is 0 Å². The maximum atomic E-state index is 13.0. The van der Waals surface area contributed by atoms with Crippen LogP contribution in [-0.4, -0.2) is 26.7 Å². The minimum Gasteiger partial charge on any atom is -0.324 e. The Morgan fingerprint density at radius 2 is 1.83 bits per heavy atom. The van der Waals surface area contributed by atoms with Crippen LogP contribution in [0.15, 0.2) is 65.5 Å². The number of fused-ring (bicyclic) bond motifs is 1. The largest absolute Gasteiger partial charge is 0.324 e. The molecule has 1 atom stereocenters. The molecule has 0 aliphatic heterocycles. The zero-order valence-electron chi connectivity index (χ0n) is 16.3. The molecule has 2 aromatic heterocycles. The first-order valence-electron chi connectivity index (χ1n) is 9.30. The molecule has 150 valence electrons. The quantitative estimate of drug-likeness (QED) is 0.496. The van der Waals surface area contributed by atoms with Gasteiger partial charge < -0.3 is 5.32 Å². The van der Waals surface area contributed by atoms with Crippen LogP contribution in [-0.2, 0) is 4.79 Å². The van der Waals surface area contributed by atoms with Crippen molar-refractivity contribution in [3.63, 3.8) is 0 Å². The molecule has 0 spiro atoms. The second-order valence-corrected chi connectivity index (χ2v) is 7.87. The number of Topliss-reactive ketones (excluding diaryl/α,β-unsaturated/α-hetero) is 1. The van der Waals surface area contributed by atoms with Crippen molar-refractivity contribution in [2.45, 2.75) is 19.9 Å². The maximum absolute atomic E-state index is 13.0. The van der Waals surface area contributed by atoms with Crippen LogP contribution in [0.4, 0.5) is 5.69 Å². The molecule has 8 heteroatoms. The summed E-state index contributed by atoms with van der Waals surface area (Å²) in [5.41, 5.74) is 1.58. The number of ketones is 1. The van der Waals surface area contributed by atoms with Crippen LogP contribution < -0.4 is 10.9 Å². The SMILES string of the molecule is CC(=O)c1cccc(NC(=O)C(C)n2nnc3sc(-c4ccccc4)cc3c2=O)c1. The minimum atomic E-state index is -0.879. The van der Waals surface area contributed by atoms with Crippen molar-refractivity contribution in [1.29, 1.82) is 0 Å². The van der Waals surface area contributed by atoms with Crippen molar-refractivity contribution in [3.8, 4) is 10.4 Å². The average Bonchev–Trinajstić information content (AvgIpc) is 3.20. The summed E-state index contributed by atoms with van der Waals surface area (Å²) in [6.07, 6.45) is 0. The molecule has 30 heavy (non-hydrogen) atoms. The molecule has 1 amide bonds. The van der Waals surface area contributed by atoms with E-state index in [0.717, 1.165) is 15.1 Å². The number of nitrogens with one attached hydrogen (secondary N) is 1. The number of carbonyl (C=O) groups is 2. The number of carbonyl (C=O) groups excluding carboxylic acids is 2. The van der Waals surface area contributed by atoms with E-state index in [2.05, 4.69) is 15.6 Å². The first-order valence-corrected chi connectivity index (χ1v) is 10.1. The van der Waals surface area contributed by atoms with E-state index >= 15 is 0 Å². The second kappa shape index (κ2) is 8.00. The van der Waals surface area contributed by atoms with Crippen LogP contribution in [0, 0.1) is 0 Å². The van der Waals surface area contributed by atoms with Crippen LogP contribution in [0.25, 0.3) is 20.7 Å². The lowest BCUT2D eigenvalue weighted by molar-refractivity contribution is -0.119. The average molecular weight is 418 g/mol. The van der Waals surface area contributed by atoms with Gasteiger partial charge in [0, 0.05) is 16.1 Å². The lowest BCUT2D eigenvalue weighted by Gasteiger charge is -2.13. The number of hydrogen-bond acceptors (Lipinski definition) is 6. The smallest absolute Gasteiger partial charge is 0.279 e. The third-order valence-corrected chi connectivity index (χ3v) is 5.79. The first kappa shape index (κ1) is 19.7. The standard InChI is InChI=1S/C22H18N4O3S/c1-13(20(28)23-17-10-6-9-16(11-17)14(2)27)26-22(29)18-12-19(30-21(18)24-25-26)15-7-4-3-5-8-15/h3-13H,1-2H3,(H,23,28). The van der Waals surface area contributed by atoms with Crippen molar-refractivity contribution in [2.24, 2.45) is 0 Å². The predicted molar refractivity (Wildman–Crippen MR) is 117 cm³/mol. The van der Waals surface area contributed by atoms with Crippen molar-refractivity contribution in [3.05, 3.63) is 76.6 Å². The van der Waals surface area contributed by atoms with Gasteiger partial charge in [0.25, 0.3) is 5.56 Å². The molecule has 0 aliphatic rings. The van der Waals surface area contributed by atoms with Gasteiger partial charge in [-0.05, 0) is 37.6 Å². The van der Waals surface area contributed by atoms with Crippen molar-refractivity contribution < 1.29 is 9.59 Å². The highest BCUT2D eigenvalue weighted by molar-refractivity contribution is 7.21. The zero-order chi connectivity index (χ0) is 21.3. The Hall–Kier alpha value is -3.65. The van der Waals surface area contributed by atoms with E-state index in [4.69, 9.17) is 0 Å². The molecule has 2 aromatic carbocycles. The summed E-state index contributed by atoms with van der Waals surface area (Å²) in [6, 6.07) is 17.2. The number of nitrogens with zero attached hydrogens (tertiary/aromatic N) is 3. The summed E-state index contributed by atoms with van der Waals surface area (Å²) in [6.45, 7) is 3.04. The Morgan fingerprint density at radius 3 is 2.57 bits per heavy atom. The summed E-state index contributed by atoms with van der Waals surface area (Å²) in [4.78, 5) is 38.6. The number of amides is 1. The van der Waals surface area contributed by atoms with Gasteiger partial charge in [-0.3, -0.25) is 14.4 Å². The van der Waals surface area contributed by atoms with Gasteiger partial charge in [-0.25, -0.2) is 0 Å². The molecule has 1 N–H and O–H groups in total. The molecule has 0 bridgehead atoms. The van der Waals surface area contributed by atoms with E-state index in [-0.39, 0.29) is 11.3 Å². The highest BCUT2D eigenvalue weighted by Gasteiger charge is 2.21. The maximum Gasteiger partial charge on any atom is 0.279 e. The Bertz CT molecular complexity index is 1310. The normalized spacial score (nSPS) is 11.9. The topological polar surface area (TPSA) is 93.9 Å². The Balaban J connectivity index is 1.63. The molecule has 0 radical (unpaired) electrons. The minimum absolute atomic E-state index is 0.0987. The fraction of sp³-hybridized carbons (Fsp3) is 0.136. The molecule has 4 rings (SSSR count). The number of benzene rings is 2. The molecule has 0 saturated heterocycles. The summed E-state index contributed by atoms with van der Waals surface area (Å²) >= 11 is 1.38. The van der Waals surface area contributed by atoms with Gasteiger partial charge in [0.2, 0.25) is 5.91 Å². The van der Waals surface area contributed by atoms with Gasteiger partial charge in [0.05, 0.1) is 5.39 Å². The van der Waals surface area contributed by atoms with E-state index in [1.165, 1.54) is 18.3 Å². The fourth-order valence-corrected chi connectivity index (χ4v) is 4.01. The van der Waals surface area contributed by atoms with Gasteiger partial charge in [0.15, 0.2) is 10.6 Å². The van der Waals surface area contributed by atoms with Gasteiger partial charge >= 0.3 is 0 Å². The van der Waals surface area contributed by atoms with Gasteiger partial charge in [-0.2, -0.15) is 4.68 Å². The number of thiophene rings is 1. The molecular formula is C22H18N4O3S. The molecule has 4 aromatic rings. The van der Waals surface area contributed by atoms with Crippen molar-refractivity contribution in [1.82, 2.24) is 15.0 Å². The Morgan fingerprint density at radius 1 is 1.07 bits per heavy atom. The predicted octanol–water partition coefficient (Wildman–Crippen LogP) is 3.92. The Labute approximate surface area is 176 Å². The van der Waals surface area contributed by atoms with Crippen LogP contribution >= 0.6 is 11.3 Å². The number of anilines is 1. The molecular weight excluding hydrogens is 400 g/mol. The van der Waals surface area contributed by atoms with E-state index in [0.29, 0.717) is 21.5 Å². The first-order chi connectivity index (χ1) is 14.4. The molecule has 1 unspecified atom stereocenters. The van der Waals surface area contributed by atoms with Crippen LogP contribution in [0.3, 0.4) is 0 Å². The number of hydrogen-bond donors (Lipinski definition) is 1. The molecule has 7 nitrogen and oxygen atoms in total. The van der Waals surface area contributed by atoms with E-state index in [9.17, 15) is 14.4 Å². The van der Waals surface area contributed by atoms with Gasteiger partial charge in [-0.1, -0.05) is 47.7 Å². The Kier molecular flexibility index (Phi) is 5.24. The summed E-state index contributed by atoms with van der Waals surface area (Å²) in [5, 5.41) is 11.3. The van der Waals surface area contributed by atoms with Gasteiger partial charge in [0.1, 0.15) is 6.04 Å². The number of rotatable bonds is 5. The monoisotopic (exact) mass is 418 g/mol. The van der Waals surface area contributed by atoms with Crippen LogP contribution in [0.5, 0.6) is 0 Å². The van der Waals surface area contributed by atoms with Gasteiger partial charge in [-0.15, -0.1) is 16.4 Å². The summed E-state index contributed by atoms with van der Waals surface area (Å²) in [5.74, 6) is -0.525. The highest BCUT2D eigenvalue weighted by atomic mass is 32.1. The zero-order valence-corrected chi connectivity index (χ0v) is 17.1. The van der Waals surface area contributed by atoms with E-state index < -0.39 is 11.9 Å². The fourth-order valence-electron chi connectivity index (χ4n) is 3.03. The second-order valence-electron chi connectivity index (χ2n) is 6.84. The number of aromatic nitrogens is 3.